The third-order valence-electron chi connectivity index (χ3n) is 4.42. The van der Waals surface area contributed by atoms with Crippen LogP contribution in [-0.4, -0.2) is 0 Å². The van der Waals surface area contributed by atoms with E-state index in [0.29, 0.717) is 0 Å². The maximum atomic E-state index is 5.92. The van der Waals surface area contributed by atoms with Gasteiger partial charge in [0.05, 0.1) is 0 Å². The van der Waals surface area contributed by atoms with E-state index in [0.717, 1.165) is 5.57 Å². The van der Waals surface area contributed by atoms with Gasteiger partial charge in [0.2, 0.25) is 0 Å². The van der Waals surface area contributed by atoms with Crippen LogP contribution in [-0.2, 0) is 0 Å². The van der Waals surface area contributed by atoms with Crippen molar-refractivity contribution in [2.24, 2.45) is 5.73 Å². The van der Waals surface area contributed by atoms with Gasteiger partial charge in [-0.05, 0) is 39.2 Å². The van der Waals surface area contributed by atoms with Crippen LogP contribution in [0.4, 0.5) is 0 Å². The highest BCUT2D eigenvalue weighted by atomic mass is 14.5. The van der Waals surface area contributed by atoms with Crippen LogP contribution in [0.3, 0.4) is 0 Å². The molecule has 0 bridgehead atoms. The van der Waals surface area contributed by atoms with E-state index in [1.807, 2.05) is 0 Å². The van der Waals surface area contributed by atoms with Crippen molar-refractivity contribution in [1.29, 1.82) is 0 Å². The van der Waals surface area contributed by atoms with Gasteiger partial charge in [-0.2, -0.15) is 0 Å². The molecule has 1 atom stereocenters. The first-order chi connectivity index (χ1) is 10.9. The van der Waals surface area contributed by atoms with Crippen molar-refractivity contribution in [3.63, 3.8) is 0 Å². The van der Waals surface area contributed by atoms with Gasteiger partial charge in [0.25, 0.3) is 0 Å². The Labute approximate surface area is 130 Å². The summed E-state index contributed by atoms with van der Waals surface area (Å²) in [4.78, 5) is 0. The Morgan fingerprint density at radius 3 is 2.36 bits per heavy atom. The molecule has 0 fully saturated rings. The number of fused-ring (bicyclic) bond motifs is 2. The molecule has 1 aliphatic carbocycles. The molecule has 0 saturated heterocycles. The molecule has 22 heavy (non-hydrogen) atoms. The van der Waals surface area contributed by atoms with Gasteiger partial charge >= 0.3 is 0 Å². The minimum absolute atomic E-state index is 0.192. The maximum Gasteiger partial charge on any atom is 0.0366 e. The standard InChI is InChI=1S/C21H17N/c22-14-17-13-12-16-7-2-4-10-19(16)21(17)20-11-5-8-15-6-1-3-9-18(15)20/h1-14,21H,22H2. The van der Waals surface area contributed by atoms with Gasteiger partial charge in [-0.15, -0.1) is 0 Å². The summed E-state index contributed by atoms with van der Waals surface area (Å²) >= 11 is 0. The molecule has 0 aliphatic heterocycles. The smallest absolute Gasteiger partial charge is 0.0366 e. The fourth-order valence-corrected chi connectivity index (χ4v) is 3.39. The molecule has 0 amide bonds. The second-order valence-corrected chi connectivity index (χ2v) is 5.63. The lowest BCUT2D eigenvalue weighted by molar-refractivity contribution is 0.969. The third-order valence-corrected chi connectivity index (χ3v) is 4.42. The fraction of sp³-hybridized carbons (Fsp3) is 0.0476. The molecule has 0 aromatic heterocycles. The summed E-state index contributed by atoms with van der Waals surface area (Å²) in [6, 6.07) is 23.6. The van der Waals surface area contributed by atoms with Crippen LogP contribution in [0.25, 0.3) is 16.8 Å². The quantitative estimate of drug-likeness (QED) is 0.679. The molecular formula is C21H17N. The van der Waals surface area contributed by atoms with E-state index in [4.69, 9.17) is 5.73 Å². The summed E-state index contributed by atoms with van der Waals surface area (Å²) in [5.74, 6) is 0.192. The SMILES string of the molecule is NC=C1C=Cc2ccccc2C1c1cccc2ccccc12. The van der Waals surface area contributed by atoms with E-state index >= 15 is 0 Å². The topological polar surface area (TPSA) is 26.0 Å². The van der Waals surface area contributed by atoms with Crippen molar-refractivity contribution in [2.75, 3.05) is 0 Å². The van der Waals surface area contributed by atoms with Crippen molar-refractivity contribution in [3.8, 4) is 0 Å². The average molecular weight is 283 g/mol. The lowest BCUT2D eigenvalue weighted by Gasteiger charge is -2.26. The summed E-state index contributed by atoms with van der Waals surface area (Å²) < 4.78 is 0. The molecule has 0 saturated carbocycles. The predicted molar refractivity (Wildman–Crippen MR) is 93.5 cm³/mol. The molecule has 1 heteroatoms. The molecule has 4 rings (SSSR count). The second kappa shape index (κ2) is 5.19. The van der Waals surface area contributed by atoms with Gasteiger partial charge in [0, 0.05) is 5.92 Å². The van der Waals surface area contributed by atoms with Crippen LogP contribution >= 0.6 is 0 Å². The normalized spacial score (nSPS) is 18.5. The Morgan fingerprint density at radius 2 is 1.45 bits per heavy atom. The summed E-state index contributed by atoms with van der Waals surface area (Å²) in [5.41, 5.74) is 11.0. The Balaban J connectivity index is 2.02. The molecule has 3 aromatic carbocycles. The minimum atomic E-state index is 0.192. The zero-order chi connectivity index (χ0) is 14.9. The lowest BCUT2D eigenvalue weighted by atomic mass is 9.78. The highest BCUT2D eigenvalue weighted by Gasteiger charge is 2.23. The van der Waals surface area contributed by atoms with Crippen LogP contribution in [0.15, 0.2) is 84.6 Å². The van der Waals surface area contributed by atoms with Crippen LogP contribution in [0.5, 0.6) is 0 Å². The lowest BCUT2D eigenvalue weighted by Crippen LogP contribution is -2.10. The zero-order valence-corrected chi connectivity index (χ0v) is 12.2. The summed E-state index contributed by atoms with van der Waals surface area (Å²) in [5, 5.41) is 2.56. The zero-order valence-electron chi connectivity index (χ0n) is 12.2. The predicted octanol–water partition coefficient (Wildman–Crippen LogP) is 4.84. The second-order valence-electron chi connectivity index (χ2n) is 5.63. The van der Waals surface area contributed by atoms with E-state index in [-0.39, 0.29) is 5.92 Å². The summed E-state index contributed by atoms with van der Waals surface area (Å²) in [6.45, 7) is 0. The molecule has 0 spiro atoms. The summed E-state index contributed by atoms with van der Waals surface area (Å²) in [7, 11) is 0. The van der Waals surface area contributed by atoms with E-state index < -0.39 is 0 Å². The van der Waals surface area contributed by atoms with E-state index in [1.165, 1.54) is 27.5 Å². The molecule has 0 heterocycles. The van der Waals surface area contributed by atoms with Crippen molar-refractivity contribution >= 4 is 16.8 Å². The maximum absolute atomic E-state index is 5.92. The monoisotopic (exact) mass is 283 g/mol. The molecule has 1 aliphatic rings. The van der Waals surface area contributed by atoms with Crippen molar-refractivity contribution in [1.82, 2.24) is 0 Å². The summed E-state index contributed by atoms with van der Waals surface area (Å²) in [6.07, 6.45) is 6.02. The fourth-order valence-electron chi connectivity index (χ4n) is 3.39. The third kappa shape index (κ3) is 1.94. The average Bonchev–Trinajstić information content (AvgIpc) is 2.60. The first-order valence-corrected chi connectivity index (χ1v) is 7.55. The van der Waals surface area contributed by atoms with Crippen molar-refractivity contribution < 1.29 is 0 Å². The molecule has 2 N–H and O–H groups in total. The molecule has 0 radical (unpaired) electrons. The van der Waals surface area contributed by atoms with Crippen molar-refractivity contribution in [2.45, 2.75) is 5.92 Å². The van der Waals surface area contributed by atoms with E-state index in [2.05, 4.69) is 78.9 Å². The molecule has 3 aromatic rings. The van der Waals surface area contributed by atoms with Gasteiger partial charge < -0.3 is 5.73 Å². The van der Waals surface area contributed by atoms with Gasteiger partial charge in [-0.25, -0.2) is 0 Å². The van der Waals surface area contributed by atoms with Crippen LogP contribution in [0.2, 0.25) is 0 Å². The number of nitrogens with two attached hydrogens (primary N) is 1. The molecule has 106 valence electrons. The van der Waals surface area contributed by atoms with E-state index in [9.17, 15) is 0 Å². The van der Waals surface area contributed by atoms with Crippen LogP contribution < -0.4 is 5.73 Å². The van der Waals surface area contributed by atoms with E-state index in [1.54, 1.807) is 6.20 Å². The minimum Gasteiger partial charge on any atom is -0.404 e. The van der Waals surface area contributed by atoms with Gasteiger partial charge in [0.15, 0.2) is 0 Å². The Bertz CT molecular complexity index is 897. The van der Waals surface area contributed by atoms with Gasteiger partial charge in [0.1, 0.15) is 0 Å². The number of hydrogen-bond acceptors (Lipinski definition) is 1. The van der Waals surface area contributed by atoms with Gasteiger partial charge in [-0.1, -0.05) is 78.9 Å². The first-order valence-electron chi connectivity index (χ1n) is 7.55. The number of rotatable bonds is 1. The Hall–Kier alpha value is -2.80. The largest absolute Gasteiger partial charge is 0.404 e. The van der Waals surface area contributed by atoms with Crippen LogP contribution in [0.1, 0.15) is 22.6 Å². The first kappa shape index (κ1) is 12.9. The Kier molecular flexibility index (Phi) is 3.05. The van der Waals surface area contributed by atoms with Crippen LogP contribution in [0, 0.1) is 0 Å². The molecular weight excluding hydrogens is 266 g/mol. The molecule has 1 nitrogen and oxygen atoms in total. The highest BCUT2D eigenvalue weighted by molar-refractivity contribution is 5.88. The Morgan fingerprint density at radius 1 is 0.727 bits per heavy atom. The van der Waals surface area contributed by atoms with Gasteiger partial charge in [-0.3, -0.25) is 0 Å². The number of benzene rings is 3. The number of hydrogen-bond donors (Lipinski definition) is 1. The van der Waals surface area contributed by atoms with Crippen molar-refractivity contribution in [3.05, 3.63) is 101 Å². The number of allylic oxidation sites excluding steroid dienone is 2. The highest BCUT2D eigenvalue weighted by Crippen LogP contribution is 2.40. The molecule has 1 unspecified atom stereocenters.